The maximum absolute atomic E-state index is 12.6. The number of nitro groups is 1. The fourth-order valence-corrected chi connectivity index (χ4v) is 4.41. The zero-order valence-corrected chi connectivity index (χ0v) is 17.9. The standard InChI is InChI=1S/C18H32N4O4S/c1-7-21(8-2)27(25,26)16-9-10-17(18(12-16)22(23)24)19-13-15(20(5)6)11-14(3)4/h9-10,12,14-15,19H,7-8,11,13H2,1-6H3. The van der Waals surface area contributed by atoms with Gasteiger partial charge in [0.05, 0.1) is 9.82 Å². The first-order chi connectivity index (χ1) is 12.5. The van der Waals surface area contributed by atoms with E-state index in [9.17, 15) is 18.5 Å². The van der Waals surface area contributed by atoms with Gasteiger partial charge in [-0.1, -0.05) is 27.7 Å². The van der Waals surface area contributed by atoms with Gasteiger partial charge in [-0.2, -0.15) is 4.31 Å². The van der Waals surface area contributed by atoms with Gasteiger partial charge in [-0.25, -0.2) is 8.42 Å². The highest BCUT2D eigenvalue weighted by molar-refractivity contribution is 7.89. The molecule has 1 unspecified atom stereocenters. The maximum atomic E-state index is 12.6. The van der Waals surface area contributed by atoms with Crippen molar-refractivity contribution in [1.82, 2.24) is 9.21 Å². The van der Waals surface area contributed by atoms with Crippen LogP contribution in [-0.4, -0.2) is 62.3 Å². The second-order valence-corrected chi connectivity index (χ2v) is 9.09. The molecule has 0 aromatic heterocycles. The maximum Gasteiger partial charge on any atom is 0.293 e. The van der Waals surface area contributed by atoms with Crippen molar-refractivity contribution < 1.29 is 13.3 Å². The summed E-state index contributed by atoms with van der Waals surface area (Å²) in [6.07, 6.45) is 0.947. The minimum Gasteiger partial charge on any atom is -0.378 e. The molecule has 0 aliphatic heterocycles. The number of hydrogen-bond acceptors (Lipinski definition) is 6. The van der Waals surface area contributed by atoms with E-state index in [1.165, 1.54) is 16.4 Å². The molecule has 0 aliphatic carbocycles. The third kappa shape index (κ3) is 6.15. The molecule has 0 aliphatic rings. The Morgan fingerprint density at radius 2 is 1.78 bits per heavy atom. The lowest BCUT2D eigenvalue weighted by Gasteiger charge is -2.26. The predicted molar refractivity (Wildman–Crippen MR) is 109 cm³/mol. The summed E-state index contributed by atoms with van der Waals surface area (Å²) >= 11 is 0. The SMILES string of the molecule is CCN(CC)S(=O)(=O)c1ccc(NCC(CC(C)C)N(C)C)c([N+](=O)[O-])c1. The molecule has 8 nitrogen and oxygen atoms in total. The van der Waals surface area contributed by atoms with Crippen molar-refractivity contribution in [2.45, 2.75) is 45.1 Å². The number of nitrogens with one attached hydrogen (secondary N) is 1. The van der Waals surface area contributed by atoms with Gasteiger partial charge < -0.3 is 10.2 Å². The van der Waals surface area contributed by atoms with Crippen LogP contribution in [0.5, 0.6) is 0 Å². The smallest absolute Gasteiger partial charge is 0.293 e. The minimum atomic E-state index is -3.74. The van der Waals surface area contributed by atoms with E-state index in [4.69, 9.17) is 0 Å². The molecule has 0 fully saturated rings. The third-order valence-electron chi connectivity index (χ3n) is 4.51. The lowest BCUT2D eigenvalue weighted by atomic mass is 10.0. The molecule has 0 amide bonds. The fraction of sp³-hybridized carbons (Fsp3) is 0.667. The summed E-state index contributed by atoms with van der Waals surface area (Å²) in [6.45, 7) is 8.90. The van der Waals surface area contributed by atoms with E-state index in [1.807, 2.05) is 14.1 Å². The van der Waals surface area contributed by atoms with Gasteiger partial charge in [-0.15, -0.1) is 0 Å². The number of anilines is 1. The first kappa shape index (κ1) is 23.3. The summed E-state index contributed by atoms with van der Waals surface area (Å²) in [6, 6.07) is 4.26. The van der Waals surface area contributed by atoms with E-state index in [-0.39, 0.29) is 16.6 Å². The zero-order chi connectivity index (χ0) is 20.8. The van der Waals surface area contributed by atoms with Gasteiger partial charge in [0.1, 0.15) is 5.69 Å². The van der Waals surface area contributed by atoms with Gasteiger partial charge in [0.25, 0.3) is 5.69 Å². The van der Waals surface area contributed by atoms with Crippen molar-refractivity contribution in [2.24, 2.45) is 5.92 Å². The molecular formula is C18H32N4O4S. The van der Waals surface area contributed by atoms with Gasteiger partial charge in [0, 0.05) is 31.7 Å². The van der Waals surface area contributed by atoms with E-state index in [0.29, 0.717) is 31.2 Å². The second kappa shape index (κ2) is 10.0. The number of likely N-dealkylation sites (N-methyl/N-ethyl adjacent to an activating group) is 1. The number of sulfonamides is 1. The van der Waals surface area contributed by atoms with E-state index < -0.39 is 14.9 Å². The fourth-order valence-electron chi connectivity index (χ4n) is 2.93. The zero-order valence-electron chi connectivity index (χ0n) is 17.1. The monoisotopic (exact) mass is 400 g/mol. The lowest BCUT2D eigenvalue weighted by Crippen LogP contribution is -2.35. The van der Waals surface area contributed by atoms with Crippen molar-refractivity contribution in [3.05, 3.63) is 28.3 Å². The molecular weight excluding hydrogens is 368 g/mol. The van der Waals surface area contributed by atoms with Crippen LogP contribution >= 0.6 is 0 Å². The van der Waals surface area contributed by atoms with E-state index >= 15 is 0 Å². The molecule has 27 heavy (non-hydrogen) atoms. The van der Waals surface area contributed by atoms with Crippen molar-refractivity contribution in [1.29, 1.82) is 0 Å². The Morgan fingerprint density at radius 1 is 1.19 bits per heavy atom. The van der Waals surface area contributed by atoms with Crippen LogP contribution < -0.4 is 5.32 Å². The molecule has 0 saturated carbocycles. The van der Waals surface area contributed by atoms with Crippen LogP contribution in [0.2, 0.25) is 0 Å². The topological polar surface area (TPSA) is 95.8 Å². The quantitative estimate of drug-likeness (QED) is 0.453. The molecule has 1 N–H and O–H groups in total. The van der Waals surface area contributed by atoms with Crippen molar-refractivity contribution >= 4 is 21.4 Å². The molecule has 154 valence electrons. The van der Waals surface area contributed by atoms with Gasteiger partial charge in [-0.05, 0) is 38.6 Å². The number of benzene rings is 1. The van der Waals surface area contributed by atoms with Gasteiger partial charge >= 0.3 is 0 Å². The highest BCUT2D eigenvalue weighted by atomic mass is 32.2. The van der Waals surface area contributed by atoms with E-state index in [1.54, 1.807) is 13.8 Å². The second-order valence-electron chi connectivity index (χ2n) is 7.15. The molecule has 0 spiro atoms. The predicted octanol–water partition coefficient (Wildman–Crippen LogP) is 3.01. The Hall–Kier alpha value is -1.71. The summed E-state index contributed by atoms with van der Waals surface area (Å²) in [5, 5.41) is 14.6. The number of nitro benzene ring substituents is 1. The van der Waals surface area contributed by atoms with E-state index in [2.05, 4.69) is 24.1 Å². The van der Waals surface area contributed by atoms with Crippen LogP contribution in [0.25, 0.3) is 0 Å². The van der Waals surface area contributed by atoms with E-state index in [0.717, 1.165) is 12.5 Å². The van der Waals surface area contributed by atoms with Gasteiger partial charge in [-0.3, -0.25) is 10.1 Å². The molecule has 1 aromatic carbocycles. The molecule has 0 radical (unpaired) electrons. The average molecular weight is 401 g/mol. The minimum absolute atomic E-state index is 0.0604. The number of rotatable bonds is 11. The number of nitrogens with zero attached hydrogens (tertiary/aromatic N) is 3. The Morgan fingerprint density at radius 3 is 2.22 bits per heavy atom. The summed E-state index contributed by atoms with van der Waals surface area (Å²) in [7, 11) is 0.208. The Bertz CT molecular complexity index is 731. The Balaban J connectivity index is 3.15. The molecule has 1 rings (SSSR count). The van der Waals surface area contributed by atoms with Crippen molar-refractivity contribution in [2.75, 3.05) is 39.0 Å². The molecule has 0 saturated heterocycles. The van der Waals surface area contributed by atoms with Crippen LogP contribution in [0, 0.1) is 16.0 Å². The third-order valence-corrected chi connectivity index (χ3v) is 6.56. The largest absolute Gasteiger partial charge is 0.378 e. The molecule has 1 atom stereocenters. The van der Waals surface area contributed by atoms with Crippen LogP contribution in [0.3, 0.4) is 0 Å². The summed E-state index contributed by atoms with van der Waals surface area (Å²) in [4.78, 5) is 13.0. The lowest BCUT2D eigenvalue weighted by molar-refractivity contribution is -0.384. The van der Waals surface area contributed by atoms with Gasteiger partial charge in [0.2, 0.25) is 10.0 Å². The molecule has 1 aromatic rings. The van der Waals surface area contributed by atoms with Crippen LogP contribution in [0.1, 0.15) is 34.1 Å². The Labute approximate surface area is 162 Å². The molecule has 0 bridgehead atoms. The number of hydrogen-bond donors (Lipinski definition) is 1. The molecule has 0 heterocycles. The van der Waals surface area contributed by atoms with Crippen LogP contribution in [-0.2, 0) is 10.0 Å². The first-order valence-corrected chi connectivity index (χ1v) is 10.7. The van der Waals surface area contributed by atoms with Crippen LogP contribution in [0.15, 0.2) is 23.1 Å². The Kier molecular flexibility index (Phi) is 8.64. The van der Waals surface area contributed by atoms with Crippen molar-refractivity contribution in [3.8, 4) is 0 Å². The normalized spacial score (nSPS) is 13.4. The summed E-state index contributed by atoms with van der Waals surface area (Å²) in [5.74, 6) is 0.496. The highest BCUT2D eigenvalue weighted by Crippen LogP contribution is 2.29. The average Bonchev–Trinajstić information content (AvgIpc) is 2.58. The van der Waals surface area contributed by atoms with Crippen LogP contribution in [0.4, 0.5) is 11.4 Å². The summed E-state index contributed by atoms with van der Waals surface area (Å²) in [5.41, 5.74) is 0.0967. The highest BCUT2D eigenvalue weighted by Gasteiger charge is 2.26. The molecule has 9 heteroatoms. The van der Waals surface area contributed by atoms with Gasteiger partial charge in [0.15, 0.2) is 0 Å². The first-order valence-electron chi connectivity index (χ1n) is 9.23. The summed E-state index contributed by atoms with van der Waals surface area (Å²) < 4.78 is 26.5. The van der Waals surface area contributed by atoms with Crippen molar-refractivity contribution in [3.63, 3.8) is 0 Å².